The number of carbonyl (C=O) groups is 2. The van der Waals surface area contributed by atoms with Gasteiger partial charge in [-0.25, -0.2) is 19.0 Å². The van der Waals surface area contributed by atoms with E-state index >= 15 is 0 Å². The van der Waals surface area contributed by atoms with Gasteiger partial charge in [0, 0.05) is 42.2 Å². The Labute approximate surface area is 221 Å². The smallest absolute Gasteiger partial charge is 0.391 e. The lowest BCUT2D eigenvalue weighted by Crippen LogP contribution is -2.44. The fraction of sp³-hybridized carbons (Fsp3) is 0.370. The molecule has 1 fully saturated rings. The van der Waals surface area contributed by atoms with Crippen LogP contribution in [-0.2, 0) is 4.79 Å². The summed E-state index contributed by atoms with van der Waals surface area (Å²) in [4.78, 5) is 31.2. The molecule has 39 heavy (non-hydrogen) atoms. The Morgan fingerprint density at radius 1 is 1.08 bits per heavy atom. The van der Waals surface area contributed by atoms with Gasteiger partial charge < -0.3 is 5.11 Å². The highest BCUT2D eigenvalue weighted by molar-refractivity contribution is 6.01. The molecule has 204 valence electrons. The number of carbonyl (C=O) groups excluding carboxylic acids is 1. The summed E-state index contributed by atoms with van der Waals surface area (Å²) >= 11 is 0. The maximum Gasteiger partial charge on any atom is 0.391 e. The second-order valence-corrected chi connectivity index (χ2v) is 10.0. The molecular formula is C27H27F3N6O3. The highest BCUT2D eigenvalue weighted by Crippen LogP contribution is 2.40. The second-order valence-electron chi connectivity index (χ2n) is 10.0. The second kappa shape index (κ2) is 10.2. The molecule has 1 aliphatic carbocycles. The summed E-state index contributed by atoms with van der Waals surface area (Å²) in [6.45, 7) is 3.45. The molecule has 3 heterocycles. The molecule has 0 bridgehead atoms. The molecule has 12 heteroatoms. The van der Waals surface area contributed by atoms with Crippen LogP contribution in [0.5, 0.6) is 0 Å². The lowest BCUT2D eigenvalue weighted by Gasteiger charge is -2.34. The summed E-state index contributed by atoms with van der Waals surface area (Å²) < 4.78 is 42.4. The van der Waals surface area contributed by atoms with Gasteiger partial charge in [-0.3, -0.25) is 9.69 Å². The number of halogens is 3. The van der Waals surface area contributed by atoms with Crippen LogP contribution in [0.4, 0.5) is 19.0 Å². The van der Waals surface area contributed by atoms with E-state index in [1.165, 1.54) is 15.8 Å². The molecule has 1 amide bonds. The number of hydrogen-bond acceptors (Lipinski definition) is 5. The fourth-order valence-corrected chi connectivity index (χ4v) is 5.05. The van der Waals surface area contributed by atoms with E-state index < -0.39 is 35.9 Å². The van der Waals surface area contributed by atoms with Gasteiger partial charge in [-0.05, 0) is 57.7 Å². The normalized spacial score (nSPS) is 18.0. The lowest BCUT2D eigenvalue weighted by atomic mass is 9.81. The predicted molar refractivity (Wildman–Crippen MR) is 137 cm³/mol. The summed E-state index contributed by atoms with van der Waals surface area (Å²) in [6.07, 6.45) is 0.469. The Kier molecular flexibility index (Phi) is 6.87. The average molecular weight is 541 g/mol. The number of rotatable bonds is 6. The predicted octanol–water partition coefficient (Wildman–Crippen LogP) is 5.39. The maximum absolute atomic E-state index is 13.5. The van der Waals surface area contributed by atoms with Crippen molar-refractivity contribution in [1.29, 1.82) is 0 Å². The van der Waals surface area contributed by atoms with Crippen molar-refractivity contribution < 1.29 is 27.9 Å². The Morgan fingerprint density at radius 2 is 1.77 bits per heavy atom. The van der Waals surface area contributed by atoms with Crippen molar-refractivity contribution in [3.63, 3.8) is 0 Å². The molecule has 3 aromatic heterocycles. The molecule has 1 aromatic carbocycles. The van der Waals surface area contributed by atoms with Gasteiger partial charge >= 0.3 is 12.1 Å². The number of aromatic carboxylic acids is 1. The third-order valence-electron chi connectivity index (χ3n) is 7.11. The van der Waals surface area contributed by atoms with Crippen LogP contribution in [-0.4, -0.2) is 53.6 Å². The molecule has 0 spiro atoms. The first-order chi connectivity index (χ1) is 18.5. The largest absolute Gasteiger partial charge is 0.477 e. The molecule has 1 aliphatic rings. The summed E-state index contributed by atoms with van der Waals surface area (Å²) in [6, 6.07) is 10.3. The Bertz CT molecular complexity index is 1470. The van der Waals surface area contributed by atoms with Crippen LogP contribution < -0.4 is 4.90 Å². The average Bonchev–Trinajstić information content (AvgIpc) is 3.53. The van der Waals surface area contributed by atoms with Crippen molar-refractivity contribution in [1.82, 2.24) is 24.4 Å². The molecule has 5 rings (SSSR count). The van der Waals surface area contributed by atoms with Crippen molar-refractivity contribution in [2.24, 2.45) is 11.8 Å². The summed E-state index contributed by atoms with van der Waals surface area (Å²) in [5.41, 5.74) is 2.63. The van der Waals surface area contributed by atoms with Gasteiger partial charge in [0.1, 0.15) is 5.56 Å². The van der Waals surface area contributed by atoms with Crippen LogP contribution >= 0.6 is 0 Å². The van der Waals surface area contributed by atoms with Gasteiger partial charge in [-0.15, -0.1) is 5.10 Å². The number of amides is 1. The number of hydrogen-bond donors (Lipinski definition) is 1. The Morgan fingerprint density at radius 3 is 2.36 bits per heavy atom. The van der Waals surface area contributed by atoms with Crippen LogP contribution in [0.2, 0.25) is 0 Å². The molecule has 1 N–H and O–H groups in total. The summed E-state index contributed by atoms with van der Waals surface area (Å²) in [7, 11) is 0. The van der Waals surface area contributed by atoms with Gasteiger partial charge in [0.25, 0.3) is 0 Å². The number of fused-ring (bicyclic) bond motifs is 1. The number of aromatic nitrogens is 5. The van der Waals surface area contributed by atoms with Crippen LogP contribution in [0.3, 0.4) is 0 Å². The van der Waals surface area contributed by atoms with E-state index in [2.05, 4.69) is 15.2 Å². The van der Waals surface area contributed by atoms with E-state index in [0.717, 1.165) is 5.56 Å². The third-order valence-corrected chi connectivity index (χ3v) is 7.11. The standard InChI is InChI=1S/C27H27F3N6O3/c1-16(2)36(25(37)18-4-8-19(9-5-18)27(28,29)30)24-21(26(38)39)15-35(33-24)20-10-6-17(7-11-20)22-14-23-31-12-3-13-34(23)32-22/h3,6-7,10-16,18-19H,4-5,8-9H2,1-2H3,(H,38,39)/t18-,19-. The molecule has 0 aliphatic heterocycles. The van der Waals surface area contributed by atoms with Crippen molar-refractivity contribution in [3.05, 3.63) is 60.6 Å². The van der Waals surface area contributed by atoms with Crippen molar-refractivity contribution in [3.8, 4) is 16.9 Å². The highest BCUT2D eigenvalue weighted by atomic mass is 19.4. The molecule has 0 radical (unpaired) electrons. The minimum atomic E-state index is -4.28. The third kappa shape index (κ3) is 5.23. The minimum Gasteiger partial charge on any atom is -0.477 e. The number of carboxylic acid groups (broad SMARTS) is 1. The van der Waals surface area contributed by atoms with E-state index in [0.29, 0.717) is 17.0 Å². The number of nitrogens with zero attached hydrogens (tertiary/aromatic N) is 6. The highest BCUT2D eigenvalue weighted by Gasteiger charge is 2.43. The van der Waals surface area contributed by atoms with E-state index in [1.54, 1.807) is 49.0 Å². The van der Waals surface area contributed by atoms with Crippen LogP contribution in [0.1, 0.15) is 49.9 Å². The molecule has 0 saturated heterocycles. The zero-order chi connectivity index (χ0) is 27.9. The zero-order valence-corrected chi connectivity index (χ0v) is 21.3. The van der Waals surface area contributed by atoms with Crippen molar-refractivity contribution in [2.45, 2.75) is 51.7 Å². The monoisotopic (exact) mass is 540 g/mol. The molecule has 0 unspecified atom stereocenters. The van der Waals surface area contributed by atoms with Crippen LogP contribution in [0, 0.1) is 11.8 Å². The first-order valence-corrected chi connectivity index (χ1v) is 12.7. The first-order valence-electron chi connectivity index (χ1n) is 12.7. The quantitative estimate of drug-likeness (QED) is 0.352. The summed E-state index contributed by atoms with van der Waals surface area (Å²) in [5.74, 6) is -3.74. The van der Waals surface area contributed by atoms with Crippen LogP contribution in [0.25, 0.3) is 22.6 Å². The van der Waals surface area contributed by atoms with E-state index in [4.69, 9.17) is 0 Å². The topological polar surface area (TPSA) is 106 Å². The van der Waals surface area contributed by atoms with Crippen LogP contribution in [0.15, 0.2) is 55.0 Å². The van der Waals surface area contributed by atoms with Crippen molar-refractivity contribution in [2.75, 3.05) is 4.90 Å². The van der Waals surface area contributed by atoms with E-state index in [9.17, 15) is 27.9 Å². The number of carboxylic acids is 1. The molecule has 4 aromatic rings. The molecule has 1 saturated carbocycles. The van der Waals surface area contributed by atoms with Gasteiger partial charge in [-0.2, -0.15) is 18.3 Å². The molecular weight excluding hydrogens is 513 g/mol. The van der Waals surface area contributed by atoms with Gasteiger partial charge in [0.2, 0.25) is 5.91 Å². The van der Waals surface area contributed by atoms with Gasteiger partial charge in [-0.1, -0.05) is 12.1 Å². The fourth-order valence-electron chi connectivity index (χ4n) is 5.05. The first kappa shape index (κ1) is 26.4. The number of anilines is 1. The lowest BCUT2D eigenvalue weighted by molar-refractivity contribution is -0.184. The maximum atomic E-state index is 13.5. The Hall–Kier alpha value is -4.22. The zero-order valence-electron chi connectivity index (χ0n) is 21.3. The SMILES string of the molecule is CC(C)N(c1nn(-c2ccc(-c3cc4ncccn4n3)cc2)cc1C(=O)O)C(=O)[C@H]1CC[C@H](C(F)(F)F)CC1. The number of benzene rings is 1. The molecule has 9 nitrogen and oxygen atoms in total. The molecule has 0 atom stereocenters. The van der Waals surface area contributed by atoms with E-state index in [1.807, 2.05) is 18.2 Å². The number of alkyl halides is 3. The minimum absolute atomic E-state index is 0.0315. The van der Waals surface area contributed by atoms with Gasteiger partial charge in [0.05, 0.1) is 17.3 Å². The van der Waals surface area contributed by atoms with Gasteiger partial charge in [0.15, 0.2) is 11.5 Å². The summed E-state index contributed by atoms with van der Waals surface area (Å²) in [5, 5.41) is 18.9. The van der Waals surface area contributed by atoms with E-state index in [-0.39, 0.29) is 37.1 Å². The van der Waals surface area contributed by atoms with Crippen molar-refractivity contribution >= 4 is 23.3 Å². The Balaban J connectivity index is 1.42.